The van der Waals surface area contributed by atoms with E-state index in [1.54, 1.807) is 6.92 Å². The van der Waals surface area contributed by atoms with Crippen molar-refractivity contribution in [3.63, 3.8) is 0 Å². The van der Waals surface area contributed by atoms with Gasteiger partial charge in [-0.2, -0.15) is 0 Å². The van der Waals surface area contributed by atoms with Crippen molar-refractivity contribution in [3.8, 4) is 11.3 Å². The molecule has 96 valence electrons. The van der Waals surface area contributed by atoms with Crippen molar-refractivity contribution in [1.29, 1.82) is 0 Å². The Hall–Kier alpha value is -2.57. The second-order valence-electron chi connectivity index (χ2n) is 3.98. The van der Waals surface area contributed by atoms with Crippen molar-refractivity contribution in [1.82, 2.24) is 15.0 Å². The third-order valence-electron chi connectivity index (χ3n) is 2.65. The lowest BCUT2D eigenvalue weighted by Crippen LogP contribution is -1.94. The average Bonchev–Trinajstić information content (AvgIpc) is 2.77. The zero-order valence-electron chi connectivity index (χ0n) is 9.70. The number of hydrogen-bond acceptors (Lipinski definition) is 4. The summed E-state index contributed by atoms with van der Waals surface area (Å²) in [5.41, 5.74) is 0.736. The minimum atomic E-state index is -1.16. The fraction of sp³-hybridized carbons (Fsp3) is 0.0833. The molecule has 0 aliphatic carbocycles. The van der Waals surface area contributed by atoms with Crippen LogP contribution in [-0.2, 0) is 0 Å². The molecule has 0 saturated carbocycles. The van der Waals surface area contributed by atoms with Crippen molar-refractivity contribution in [2.75, 3.05) is 0 Å². The van der Waals surface area contributed by atoms with Crippen LogP contribution in [0.3, 0.4) is 0 Å². The molecule has 0 amide bonds. The van der Waals surface area contributed by atoms with Crippen LogP contribution in [0.1, 0.15) is 5.69 Å². The third-order valence-corrected chi connectivity index (χ3v) is 2.65. The molecule has 7 heteroatoms. The van der Waals surface area contributed by atoms with E-state index >= 15 is 0 Å². The molecule has 0 spiro atoms. The molecule has 19 heavy (non-hydrogen) atoms. The summed E-state index contributed by atoms with van der Waals surface area (Å²) < 4.78 is 31.9. The van der Waals surface area contributed by atoms with Crippen molar-refractivity contribution in [3.05, 3.63) is 46.3 Å². The van der Waals surface area contributed by atoms with Crippen LogP contribution in [0.4, 0.5) is 8.78 Å². The molecule has 0 radical (unpaired) electrons. The molecule has 3 aromatic rings. The Morgan fingerprint density at radius 2 is 2.05 bits per heavy atom. The van der Waals surface area contributed by atoms with Gasteiger partial charge in [0.15, 0.2) is 17.2 Å². The number of halogens is 2. The first-order valence-electron chi connectivity index (χ1n) is 5.36. The second kappa shape index (κ2) is 3.98. The third kappa shape index (κ3) is 1.79. The number of oxazole rings is 1. The molecule has 3 rings (SSSR count). The lowest BCUT2D eigenvalue weighted by molar-refractivity contribution is 0.514. The summed E-state index contributed by atoms with van der Waals surface area (Å²) in [6.45, 7) is 1.74. The Kier molecular flexibility index (Phi) is 2.41. The summed E-state index contributed by atoms with van der Waals surface area (Å²) in [7, 11) is 0. The Labute approximate surface area is 104 Å². The molecule has 0 aliphatic rings. The molecule has 1 N–H and O–H groups in total. The Bertz CT molecular complexity index is 821. The van der Waals surface area contributed by atoms with Gasteiger partial charge in [-0.05, 0) is 13.0 Å². The van der Waals surface area contributed by atoms with Crippen LogP contribution >= 0.6 is 0 Å². The Morgan fingerprint density at radius 3 is 2.74 bits per heavy atom. The molecule has 0 fully saturated rings. The number of aryl methyl sites for hydroxylation is 1. The largest absolute Gasteiger partial charge is 0.417 e. The molecule has 0 aliphatic heterocycles. The summed E-state index contributed by atoms with van der Waals surface area (Å²) in [5, 5.41) is 0. The summed E-state index contributed by atoms with van der Waals surface area (Å²) in [5.74, 6) is -3.12. The minimum Gasteiger partial charge on any atom is -0.407 e. The summed E-state index contributed by atoms with van der Waals surface area (Å²) in [6.07, 6.45) is 2.88. The van der Waals surface area contributed by atoms with Crippen molar-refractivity contribution < 1.29 is 13.2 Å². The van der Waals surface area contributed by atoms with E-state index < -0.39 is 17.4 Å². The number of H-pyrrole nitrogens is 1. The molecule has 2 aromatic heterocycles. The monoisotopic (exact) mass is 263 g/mol. The van der Waals surface area contributed by atoms with Crippen LogP contribution < -0.4 is 5.76 Å². The summed E-state index contributed by atoms with van der Waals surface area (Å²) >= 11 is 0. The number of nitrogens with one attached hydrogen (secondary N) is 1. The number of fused-ring (bicyclic) bond motifs is 1. The lowest BCUT2D eigenvalue weighted by Gasteiger charge is -2.02. The van der Waals surface area contributed by atoms with Gasteiger partial charge in [0, 0.05) is 11.8 Å². The van der Waals surface area contributed by atoms with Gasteiger partial charge in [-0.25, -0.2) is 13.6 Å². The van der Waals surface area contributed by atoms with Gasteiger partial charge >= 0.3 is 5.76 Å². The van der Waals surface area contributed by atoms with Crippen LogP contribution in [0.25, 0.3) is 22.4 Å². The molecule has 0 atom stereocenters. The van der Waals surface area contributed by atoms with Crippen LogP contribution in [-0.4, -0.2) is 15.0 Å². The standard InChI is InChI=1S/C12H7F2N3O2/c1-5-3-16-8(4-15-5)6-2-7(13)9(14)10-11(6)19-12(18)17-10/h2-4H,1H3,(H,17,18). The lowest BCUT2D eigenvalue weighted by atomic mass is 10.1. The van der Waals surface area contributed by atoms with Crippen LogP contribution in [0.15, 0.2) is 27.7 Å². The van der Waals surface area contributed by atoms with Crippen LogP contribution in [0, 0.1) is 18.6 Å². The van der Waals surface area contributed by atoms with Gasteiger partial charge in [0.1, 0.15) is 5.52 Å². The van der Waals surface area contributed by atoms with E-state index in [1.807, 2.05) is 0 Å². The zero-order chi connectivity index (χ0) is 13.6. The maximum atomic E-state index is 13.5. The maximum absolute atomic E-state index is 13.5. The molecule has 0 unspecified atom stereocenters. The van der Waals surface area contributed by atoms with Gasteiger partial charge in [0.05, 0.1) is 17.6 Å². The predicted octanol–water partition coefficient (Wildman–Crippen LogP) is 2.16. The molecule has 1 aromatic carbocycles. The van der Waals surface area contributed by atoms with E-state index in [2.05, 4.69) is 15.0 Å². The smallest absolute Gasteiger partial charge is 0.407 e. The SMILES string of the molecule is Cc1cnc(-c2cc(F)c(F)c3[nH]c(=O)oc23)cn1. The number of benzene rings is 1. The molecular weight excluding hydrogens is 256 g/mol. The highest BCUT2D eigenvalue weighted by atomic mass is 19.2. The summed E-state index contributed by atoms with van der Waals surface area (Å²) in [6, 6.07) is 0.924. The van der Waals surface area contributed by atoms with Gasteiger partial charge in [0.2, 0.25) is 0 Å². The quantitative estimate of drug-likeness (QED) is 0.730. The van der Waals surface area contributed by atoms with Gasteiger partial charge in [-0.15, -0.1) is 0 Å². The molecule has 2 heterocycles. The molecule has 0 bridgehead atoms. The van der Waals surface area contributed by atoms with Gasteiger partial charge in [-0.3, -0.25) is 15.0 Å². The first-order valence-corrected chi connectivity index (χ1v) is 5.36. The van der Waals surface area contributed by atoms with E-state index in [9.17, 15) is 13.6 Å². The van der Waals surface area contributed by atoms with Gasteiger partial charge in [-0.1, -0.05) is 0 Å². The number of nitrogens with zero attached hydrogens (tertiary/aromatic N) is 2. The number of aromatic nitrogens is 3. The van der Waals surface area contributed by atoms with Crippen molar-refractivity contribution in [2.24, 2.45) is 0 Å². The topological polar surface area (TPSA) is 71.8 Å². The van der Waals surface area contributed by atoms with E-state index in [-0.39, 0.29) is 22.4 Å². The first kappa shape index (κ1) is 11.5. The molecule has 5 nitrogen and oxygen atoms in total. The van der Waals surface area contributed by atoms with Gasteiger partial charge < -0.3 is 4.42 Å². The first-order chi connectivity index (χ1) is 9.06. The fourth-order valence-electron chi connectivity index (χ4n) is 1.77. The number of hydrogen-bond donors (Lipinski definition) is 1. The molecular formula is C12H7F2N3O2. The summed E-state index contributed by atoms with van der Waals surface area (Å²) in [4.78, 5) is 21.3. The van der Waals surface area contributed by atoms with Crippen LogP contribution in [0.5, 0.6) is 0 Å². The van der Waals surface area contributed by atoms with Crippen LogP contribution in [0.2, 0.25) is 0 Å². The normalized spacial score (nSPS) is 11.1. The predicted molar refractivity (Wildman–Crippen MR) is 62.5 cm³/mol. The highest BCUT2D eigenvalue weighted by Gasteiger charge is 2.18. The highest BCUT2D eigenvalue weighted by Crippen LogP contribution is 2.28. The Morgan fingerprint density at radius 1 is 1.26 bits per heavy atom. The van der Waals surface area contributed by atoms with Gasteiger partial charge in [0.25, 0.3) is 0 Å². The number of aromatic amines is 1. The van der Waals surface area contributed by atoms with E-state index in [0.717, 1.165) is 6.07 Å². The van der Waals surface area contributed by atoms with E-state index in [4.69, 9.17) is 4.42 Å². The van der Waals surface area contributed by atoms with E-state index in [0.29, 0.717) is 5.69 Å². The van der Waals surface area contributed by atoms with Crippen molar-refractivity contribution >= 4 is 11.1 Å². The molecule has 0 saturated heterocycles. The fourth-order valence-corrected chi connectivity index (χ4v) is 1.77. The average molecular weight is 263 g/mol. The van der Waals surface area contributed by atoms with Crippen molar-refractivity contribution in [2.45, 2.75) is 6.92 Å². The number of rotatable bonds is 1. The van der Waals surface area contributed by atoms with E-state index in [1.165, 1.54) is 12.4 Å². The minimum absolute atomic E-state index is 0.0814. The Balaban J connectivity index is 2.37. The highest BCUT2D eigenvalue weighted by molar-refractivity contribution is 5.89. The maximum Gasteiger partial charge on any atom is 0.417 e. The second-order valence-corrected chi connectivity index (χ2v) is 3.98. The zero-order valence-corrected chi connectivity index (χ0v) is 9.70.